The standard InChI is InChI=1S/C24H33Cl4NO4/c1-24(2,3)33-29-20-9-5-6-10-21(20)31-12-7-4-8-13-32-23-18(25)15-17(16-19(23)26)30-14-11-22(27)28/h11,15-16,21H,4-10,12-14H2,1-3H3/b29-20+. The Kier molecular flexibility index (Phi) is 12.5. The topological polar surface area (TPSA) is 49.3 Å². The number of rotatable bonds is 12. The number of halogens is 4. The first-order valence-corrected chi connectivity index (χ1v) is 12.8. The average Bonchev–Trinajstić information content (AvgIpc) is 2.73. The summed E-state index contributed by atoms with van der Waals surface area (Å²) in [6, 6.07) is 3.30. The second-order valence-corrected chi connectivity index (χ2v) is 10.6. The molecule has 1 unspecified atom stereocenters. The second-order valence-electron chi connectivity index (χ2n) is 8.82. The van der Waals surface area contributed by atoms with Crippen molar-refractivity contribution in [2.45, 2.75) is 77.4 Å². The number of unbranched alkanes of at least 4 members (excludes halogenated alkanes) is 2. The Balaban J connectivity index is 1.68. The molecule has 33 heavy (non-hydrogen) atoms. The van der Waals surface area contributed by atoms with E-state index in [9.17, 15) is 0 Å². The van der Waals surface area contributed by atoms with Crippen LogP contribution in [0, 0.1) is 0 Å². The average molecular weight is 541 g/mol. The van der Waals surface area contributed by atoms with Gasteiger partial charge in [-0.3, -0.25) is 0 Å². The van der Waals surface area contributed by atoms with Crippen LogP contribution in [0.4, 0.5) is 0 Å². The molecule has 0 bridgehead atoms. The van der Waals surface area contributed by atoms with Gasteiger partial charge in [0.2, 0.25) is 0 Å². The quantitative estimate of drug-likeness (QED) is 0.197. The fourth-order valence-electron chi connectivity index (χ4n) is 3.18. The summed E-state index contributed by atoms with van der Waals surface area (Å²) in [5.74, 6) is 0.966. The van der Waals surface area contributed by atoms with E-state index >= 15 is 0 Å². The van der Waals surface area contributed by atoms with Gasteiger partial charge in [-0.25, -0.2) is 0 Å². The van der Waals surface area contributed by atoms with Gasteiger partial charge in [0.25, 0.3) is 0 Å². The smallest absolute Gasteiger partial charge is 0.156 e. The Labute approximate surface area is 217 Å². The van der Waals surface area contributed by atoms with E-state index in [1.165, 1.54) is 6.08 Å². The fourth-order valence-corrected chi connectivity index (χ4v) is 3.88. The lowest BCUT2D eigenvalue weighted by Crippen LogP contribution is -2.30. The first-order valence-electron chi connectivity index (χ1n) is 11.3. The second kappa shape index (κ2) is 14.5. The van der Waals surface area contributed by atoms with Gasteiger partial charge in [-0.15, -0.1) is 0 Å². The van der Waals surface area contributed by atoms with Crippen LogP contribution in [-0.4, -0.2) is 37.2 Å². The van der Waals surface area contributed by atoms with E-state index < -0.39 is 0 Å². The molecule has 0 aliphatic heterocycles. The highest BCUT2D eigenvalue weighted by molar-refractivity contribution is 6.55. The Bertz CT molecular complexity index is 781. The van der Waals surface area contributed by atoms with E-state index in [4.69, 9.17) is 65.5 Å². The molecule has 2 rings (SSSR count). The normalized spacial score (nSPS) is 17.7. The maximum atomic E-state index is 6.29. The van der Waals surface area contributed by atoms with Crippen LogP contribution in [0.1, 0.15) is 65.7 Å². The molecule has 9 heteroatoms. The van der Waals surface area contributed by atoms with Crippen molar-refractivity contribution in [3.8, 4) is 11.5 Å². The van der Waals surface area contributed by atoms with Crippen LogP contribution in [0.2, 0.25) is 10.0 Å². The number of oxime groups is 1. The number of benzene rings is 1. The Morgan fingerprint density at radius 3 is 2.39 bits per heavy atom. The molecule has 5 nitrogen and oxygen atoms in total. The highest BCUT2D eigenvalue weighted by atomic mass is 35.5. The van der Waals surface area contributed by atoms with Crippen LogP contribution in [0.25, 0.3) is 0 Å². The van der Waals surface area contributed by atoms with Crippen molar-refractivity contribution in [1.82, 2.24) is 0 Å². The summed E-state index contributed by atoms with van der Waals surface area (Å²) in [6.45, 7) is 7.41. The zero-order chi connectivity index (χ0) is 24.3. The van der Waals surface area contributed by atoms with Gasteiger partial charge in [0.1, 0.15) is 22.4 Å². The fraction of sp³-hybridized carbons (Fsp3) is 0.625. The van der Waals surface area contributed by atoms with Gasteiger partial charge in [-0.2, -0.15) is 0 Å². The van der Waals surface area contributed by atoms with E-state index in [1.54, 1.807) is 12.1 Å². The third-order valence-electron chi connectivity index (χ3n) is 4.77. The molecule has 0 heterocycles. The van der Waals surface area contributed by atoms with Gasteiger partial charge in [-0.1, -0.05) is 58.0 Å². The lowest BCUT2D eigenvalue weighted by molar-refractivity contribution is -0.00451. The zero-order valence-corrected chi connectivity index (χ0v) is 22.5. The van der Waals surface area contributed by atoms with Crippen molar-refractivity contribution >= 4 is 52.1 Å². The van der Waals surface area contributed by atoms with Crippen LogP contribution in [0.5, 0.6) is 11.5 Å². The number of hydrogen-bond donors (Lipinski definition) is 0. The van der Waals surface area contributed by atoms with E-state index in [1.807, 2.05) is 20.8 Å². The van der Waals surface area contributed by atoms with Crippen molar-refractivity contribution in [3.63, 3.8) is 0 Å². The molecule has 0 radical (unpaired) electrons. The third kappa shape index (κ3) is 11.4. The molecule has 0 saturated heterocycles. The largest absolute Gasteiger partial charge is 0.490 e. The van der Waals surface area contributed by atoms with Crippen LogP contribution in [0.3, 0.4) is 0 Å². The molecule has 1 aromatic carbocycles. The maximum Gasteiger partial charge on any atom is 0.156 e. The summed E-state index contributed by atoms with van der Waals surface area (Å²) in [6.07, 6.45) is 8.62. The molecule has 1 aliphatic rings. The molecule has 0 spiro atoms. The number of nitrogens with zero attached hydrogens (tertiary/aromatic N) is 1. The van der Waals surface area contributed by atoms with Gasteiger partial charge < -0.3 is 19.0 Å². The van der Waals surface area contributed by atoms with E-state index in [0.717, 1.165) is 50.7 Å². The van der Waals surface area contributed by atoms with Crippen LogP contribution < -0.4 is 9.47 Å². The summed E-state index contributed by atoms with van der Waals surface area (Å²) in [5, 5.41) is 5.15. The van der Waals surface area contributed by atoms with Crippen LogP contribution >= 0.6 is 46.4 Å². The van der Waals surface area contributed by atoms with Crippen molar-refractivity contribution in [2.24, 2.45) is 5.16 Å². The minimum absolute atomic E-state index is 0.0617. The van der Waals surface area contributed by atoms with Crippen molar-refractivity contribution in [1.29, 1.82) is 0 Å². The van der Waals surface area contributed by atoms with E-state index in [2.05, 4.69) is 5.16 Å². The van der Waals surface area contributed by atoms with Crippen molar-refractivity contribution in [3.05, 3.63) is 32.7 Å². The van der Waals surface area contributed by atoms with Gasteiger partial charge in [-0.05, 0) is 65.4 Å². The monoisotopic (exact) mass is 539 g/mol. The Hall–Kier alpha value is -0.850. The lowest BCUT2D eigenvalue weighted by Gasteiger charge is -2.25. The molecular formula is C24H33Cl4NO4. The molecular weight excluding hydrogens is 508 g/mol. The molecule has 0 aromatic heterocycles. The summed E-state index contributed by atoms with van der Waals surface area (Å²) in [7, 11) is 0. The molecule has 186 valence electrons. The molecule has 0 amide bonds. The first kappa shape index (κ1) is 28.4. The molecule has 1 aliphatic carbocycles. The Morgan fingerprint density at radius 1 is 1.03 bits per heavy atom. The summed E-state index contributed by atoms with van der Waals surface area (Å²) in [5.41, 5.74) is 0.738. The van der Waals surface area contributed by atoms with Crippen molar-refractivity contribution in [2.75, 3.05) is 19.8 Å². The highest BCUT2D eigenvalue weighted by Gasteiger charge is 2.23. The van der Waals surface area contributed by atoms with Gasteiger partial charge >= 0.3 is 0 Å². The van der Waals surface area contributed by atoms with Gasteiger partial charge in [0, 0.05) is 18.7 Å². The van der Waals surface area contributed by atoms with E-state index in [-0.39, 0.29) is 22.8 Å². The number of hydrogen-bond acceptors (Lipinski definition) is 5. The molecule has 0 N–H and O–H groups in total. The summed E-state index contributed by atoms with van der Waals surface area (Å²) >= 11 is 23.7. The van der Waals surface area contributed by atoms with Crippen LogP contribution in [-0.2, 0) is 9.57 Å². The molecule has 1 fully saturated rings. The molecule has 1 saturated carbocycles. The van der Waals surface area contributed by atoms with Crippen molar-refractivity contribution < 1.29 is 19.0 Å². The molecule has 1 aromatic rings. The number of ether oxygens (including phenoxy) is 3. The van der Waals surface area contributed by atoms with Gasteiger partial charge in [0.15, 0.2) is 5.75 Å². The SMILES string of the molecule is CC(C)(C)O/N=C1\CCCCC1OCCCCCOc1c(Cl)cc(OCC=C(Cl)Cl)cc1Cl. The predicted molar refractivity (Wildman–Crippen MR) is 138 cm³/mol. The summed E-state index contributed by atoms with van der Waals surface area (Å²) < 4.78 is 17.5. The Morgan fingerprint density at radius 2 is 1.73 bits per heavy atom. The van der Waals surface area contributed by atoms with E-state index in [0.29, 0.717) is 34.8 Å². The third-order valence-corrected chi connectivity index (χ3v) is 5.64. The summed E-state index contributed by atoms with van der Waals surface area (Å²) in [4.78, 5) is 5.60. The van der Waals surface area contributed by atoms with Gasteiger partial charge in [0.05, 0.1) is 28.5 Å². The molecule has 1 atom stereocenters. The van der Waals surface area contributed by atoms with Crippen LogP contribution in [0.15, 0.2) is 27.9 Å². The lowest BCUT2D eigenvalue weighted by atomic mass is 9.95. The predicted octanol–water partition coefficient (Wildman–Crippen LogP) is 8.37. The minimum atomic E-state index is -0.288. The highest BCUT2D eigenvalue weighted by Crippen LogP contribution is 2.37. The zero-order valence-electron chi connectivity index (χ0n) is 19.5. The minimum Gasteiger partial charge on any atom is -0.490 e. The maximum absolute atomic E-state index is 6.29. The first-order chi connectivity index (χ1) is 15.7.